The number of nitrogens with zero attached hydrogens (tertiary/aromatic N) is 5. The minimum atomic E-state index is -0.891. The molecule has 3 aromatic rings. The molecule has 1 fully saturated rings. The van der Waals surface area contributed by atoms with Crippen molar-refractivity contribution in [2.45, 2.75) is 38.5 Å². The molecule has 1 aromatic carbocycles. The summed E-state index contributed by atoms with van der Waals surface area (Å²) in [6.07, 6.45) is 1.16. The van der Waals surface area contributed by atoms with Gasteiger partial charge in [0.2, 0.25) is 11.7 Å². The number of fused-ring (bicyclic) bond motifs is 1. The van der Waals surface area contributed by atoms with Gasteiger partial charge < -0.3 is 14.4 Å². The largest absolute Gasteiger partial charge is 0.339 e. The van der Waals surface area contributed by atoms with Crippen LogP contribution in [0.5, 0.6) is 0 Å². The van der Waals surface area contributed by atoms with Crippen molar-refractivity contribution in [1.82, 2.24) is 24.6 Å². The molecule has 1 N–H and O–H groups in total. The Balaban J connectivity index is 1.38. The fourth-order valence-corrected chi connectivity index (χ4v) is 3.57. The van der Waals surface area contributed by atoms with E-state index in [1.54, 1.807) is 6.20 Å². The van der Waals surface area contributed by atoms with E-state index in [4.69, 9.17) is 4.52 Å². The molecule has 0 saturated heterocycles. The zero-order valence-corrected chi connectivity index (χ0v) is 16.2. The Morgan fingerprint density at radius 2 is 2.17 bits per heavy atom. The SMILES string of the molecule is Cc1ccc(-c2noc([C@H]3C[C@@H]3F)n2)cc1NC(=O)c1cnc2n1CCN(C)C2. The third-order valence-corrected chi connectivity index (χ3v) is 5.50. The van der Waals surface area contributed by atoms with E-state index in [0.29, 0.717) is 35.1 Å². The lowest BCUT2D eigenvalue weighted by Gasteiger charge is -2.24. The zero-order chi connectivity index (χ0) is 20.1. The zero-order valence-electron chi connectivity index (χ0n) is 16.2. The summed E-state index contributed by atoms with van der Waals surface area (Å²) in [7, 11) is 2.03. The molecule has 2 aromatic heterocycles. The van der Waals surface area contributed by atoms with Crippen molar-refractivity contribution in [2.24, 2.45) is 0 Å². The van der Waals surface area contributed by atoms with E-state index in [9.17, 15) is 9.18 Å². The summed E-state index contributed by atoms with van der Waals surface area (Å²) < 4.78 is 20.4. The van der Waals surface area contributed by atoms with Crippen LogP contribution in [0, 0.1) is 6.92 Å². The predicted molar refractivity (Wildman–Crippen MR) is 103 cm³/mol. The average Bonchev–Trinajstić information content (AvgIpc) is 3.10. The monoisotopic (exact) mass is 396 g/mol. The van der Waals surface area contributed by atoms with Gasteiger partial charge in [0.15, 0.2) is 0 Å². The number of anilines is 1. The first kappa shape index (κ1) is 18.0. The van der Waals surface area contributed by atoms with Crippen LogP contribution in [-0.4, -0.2) is 50.3 Å². The lowest BCUT2D eigenvalue weighted by atomic mass is 10.1. The maximum atomic E-state index is 13.2. The number of nitrogens with one attached hydrogen (secondary N) is 1. The van der Waals surface area contributed by atoms with E-state index < -0.39 is 6.17 Å². The topological polar surface area (TPSA) is 89.1 Å². The third kappa shape index (κ3) is 3.31. The number of likely N-dealkylation sites (N-methyl/N-ethyl adjacent to an activating group) is 1. The minimum absolute atomic E-state index is 0.208. The van der Waals surface area contributed by atoms with E-state index in [-0.39, 0.29) is 11.8 Å². The molecule has 8 nitrogen and oxygen atoms in total. The molecule has 9 heteroatoms. The van der Waals surface area contributed by atoms with Gasteiger partial charge >= 0.3 is 0 Å². The standard InChI is InChI=1S/C20H21FN6O2/c1-11-3-4-12(18-24-20(29-25-18)13-8-14(13)21)7-15(11)23-19(28)16-9-22-17-10-26(2)5-6-27(16)17/h3-4,7,9,13-14H,5-6,8,10H2,1-2H3,(H,23,28)/t13-,14-/m0/s1. The van der Waals surface area contributed by atoms with Crippen LogP contribution in [0.2, 0.25) is 0 Å². The summed E-state index contributed by atoms with van der Waals surface area (Å²) in [5, 5.41) is 6.94. The maximum Gasteiger partial charge on any atom is 0.273 e. The van der Waals surface area contributed by atoms with E-state index >= 15 is 0 Å². The molecule has 0 radical (unpaired) electrons. The molecule has 3 heterocycles. The highest BCUT2D eigenvalue weighted by Crippen LogP contribution is 2.43. The normalized spacial score (nSPS) is 21.1. The van der Waals surface area contributed by atoms with Crippen LogP contribution >= 0.6 is 0 Å². The highest BCUT2D eigenvalue weighted by molar-refractivity contribution is 6.03. The van der Waals surface area contributed by atoms with Gasteiger partial charge in [0.1, 0.15) is 17.7 Å². The Labute approximate surface area is 166 Å². The van der Waals surface area contributed by atoms with Crippen molar-refractivity contribution >= 4 is 11.6 Å². The number of carbonyl (C=O) groups is 1. The van der Waals surface area contributed by atoms with Gasteiger partial charge in [0.05, 0.1) is 18.7 Å². The van der Waals surface area contributed by atoms with E-state index in [2.05, 4.69) is 25.3 Å². The number of aromatic nitrogens is 4. The number of amides is 1. The van der Waals surface area contributed by atoms with Gasteiger partial charge in [-0.1, -0.05) is 17.3 Å². The van der Waals surface area contributed by atoms with Crippen LogP contribution in [0.1, 0.15) is 40.1 Å². The summed E-state index contributed by atoms with van der Waals surface area (Å²) in [5.74, 6) is 1.11. The molecule has 0 spiro atoms. The molecule has 2 atom stereocenters. The van der Waals surface area contributed by atoms with Gasteiger partial charge in [0.25, 0.3) is 5.91 Å². The first-order valence-corrected chi connectivity index (χ1v) is 9.62. The van der Waals surface area contributed by atoms with Gasteiger partial charge in [-0.05, 0) is 32.0 Å². The van der Waals surface area contributed by atoms with Crippen LogP contribution in [0.4, 0.5) is 10.1 Å². The van der Waals surface area contributed by atoms with Crippen LogP contribution in [-0.2, 0) is 13.1 Å². The van der Waals surface area contributed by atoms with Crippen LogP contribution in [0.15, 0.2) is 28.9 Å². The van der Waals surface area contributed by atoms with Gasteiger partial charge in [-0.25, -0.2) is 9.37 Å². The van der Waals surface area contributed by atoms with Crippen molar-refractivity contribution in [1.29, 1.82) is 0 Å². The quantitative estimate of drug-likeness (QED) is 0.730. The smallest absolute Gasteiger partial charge is 0.273 e. The number of rotatable bonds is 4. The second-order valence-electron chi connectivity index (χ2n) is 7.75. The fourth-order valence-electron chi connectivity index (χ4n) is 3.57. The van der Waals surface area contributed by atoms with Crippen LogP contribution < -0.4 is 5.32 Å². The second kappa shape index (κ2) is 6.77. The Hall–Kier alpha value is -3.07. The van der Waals surface area contributed by atoms with Gasteiger partial charge in [-0.3, -0.25) is 9.69 Å². The molecular formula is C20H21FN6O2. The van der Waals surface area contributed by atoms with Crippen molar-refractivity contribution in [3.8, 4) is 11.4 Å². The number of imidazole rings is 1. The average molecular weight is 396 g/mol. The Morgan fingerprint density at radius 1 is 1.34 bits per heavy atom. The fraction of sp³-hybridized carbons (Fsp3) is 0.400. The van der Waals surface area contributed by atoms with Crippen molar-refractivity contribution < 1.29 is 13.7 Å². The summed E-state index contributed by atoms with van der Waals surface area (Å²) in [4.78, 5) is 23.8. The van der Waals surface area contributed by atoms with Crippen LogP contribution in [0.3, 0.4) is 0 Å². The third-order valence-electron chi connectivity index (χ3n) is 5.50. The van der Waals surface area contributed by atoms with Gasteiger partial charge in [-0.15, -0.1) is 0 Å². The number of halogens is 1. The first-order valence-electron chi connectivity index (χ1n) is 9.62. The number of carbonyl (C=O) groups excluding carboxylic acids is 1. The highest BCUT2D eigenvalue weighted by Gasteiger charge is 2.43. The Morgan fingerprint density at radius 3 is 2.97 bits per heavy atom. The number of alkyl halides is 1. The number of hydrogen-bond acceptors (Lipinski definition) is 6. The number of hydrogen-bond donors (Lipinski definition) is 1. The minimum Gasteiger partial charge on any atom is -0.339 e. The summed E-state index contributed by atoms with van der Waals surface area (Å²) in [5.41, 5.74) is 2.82. The molecule has 1 amide bonds. The summed E-state index contributed by atoms with van der Waals surface area (Å²) in [6.45, 7) is 4.25. The van der Waals surface area contributed by atoms with Crippen molar-refractivity contribution in [3.63, 3.8) is 0 Å². The molecule has 2 aliphatic rings. The molecule has 5 rings (SSSR count). The molecule has 1 aliphatic carbocycles. The lowest BCUT2D eigenvalue weighted by molar-refractivity contribution is 0.101. The van der Waals surface area contributed by atoms with Gasteiger partial charge in [0, 0.05) is 24.3 Å². The van der Waals surface area contributed by atoms with Crippen molar-refractivity contribution in [2.75, 3.05) is 18.9 Å². The molecule has 0 unspecified atom stereocenters. The molecule has 0 bridgehead atoms. The van der Waals surface area contributed by atoms with E-state index in [1.807, 2.05) is 36.7 Å². The maximum absolute atomic E-state index is 13.2. The molecule has 1 saturated carbocycles. The Bertz CT molecular complexity index is 1090. The van der Waals surface area contributed by atoms with Gasteiger partial charge in [-0.2, -0.15) is 4.98 Å². The molecular weight excluding hydrogens is 375 g/mol. The highest BCUT2D eigenvalue weighted by atomic mass is 19.1. The van der Waals surface area contributed by atoms with Crippen LogP contribution in [0.25, 0.3) is 11.4 Å². The molecule has 150 valence electrons. The number of benzene rings is 1. The predicted octanol–water partition coefficient (Wildman–Crippen LogP) is 2.76. The summed E-state index contributed by atoms with van der Waals surface area (Å²) in [6, 6.07) is 5.55. The van der Waals surface area contributed by atoms with Crippen molar-refractivity contribution in [3.05, 3.63) is 47.4 Å². The molecule has 1 aliphatic heterocycles. The molecule has 29 heavy (non-hydrogen) atoms. The van der Waals surface area contributed by atoms with E-state index in [0.717, 1.165) is 31.0 Å². The summed E-state index contributed by atoms with van der Waals surface area (Å²) >= 11 is 0. The second-order valence-corrected chi connectivity index (χ2v) is 7.75. The Kier molecular flexibility index (Phi) is 4.20. The lowest BCUT2D eigenvalue weighted by Crippen LogP contribution is -2.32. The first-order chi connectivity index (χ1) is 14.0. The van der Waals surface area contributed by atoms with E-state index in [1.165, 1.54) is 0 Å². The number of aryl methyl sites for hydroxylation is 1.